The van der Waals surface area contributed by atoms with E-state index in [1.165, 1.54) is 0 Å². The van der Waals surface area contributed by atoms with Crippen molar-refractivity contribution in [2.24, 2.45) is 4.99 Å². The number of ether oxygens (including phenoxy) is 3. The Morgan fingerprint density at radius 1 is 1.24 bits per heavy atom. The van der Waals surface area contributed by atoms with Gasteiger partial charge in [0.25, 0.3) is 0 Å². The van der Waals surface area contributed by atoms with E-state index in [4.69, 9.17) is 37.4 Å². The fourth-order valence-electron chi connectivity index (χ4n) is 2.63. The molecule has 3 rings (SSSR count). The van der Waals surface area contributed by atoms with E-state index >= 15 is 0 Å². The van der Waals surface area contributed by atoms with Crippen LogP contribution in [0.5, 0.6) is 11.5 Å². The van der Waals surface area contributed by atoms with Gasteiger partial charge in [0.05, 0.1) is 28.8 Å². The number of aliphatic imine (C=N–C) groups is 1. The molecular weight excluding hydrogens is 481 g/mol. The number of carbonyl (C=O) groups is 1. The van der Waals surface area contributed by atoms with Gasteiger partial charge in [0.1, 0.15) is 0 Å². The predicted molar refractivity (Wildman–Crippen MR) is 118 cm³/mol. The molecule has 5 nitrogen and oxygen atoms in total. The van der Waals surface area contributed by atoms with Crippen LogP contribution in [0.4, 0.5) is 0 Å². The maximum absolute atomic E-state index is 12.3. The molecule has 2 aromatic rings. The molecule has 2 aromatic carbocycles. The van der Waals surface area contributed by atoms with Gasteiger partial charge in [-0.3, -0.25) is 0 Å². The van der Waals surface area contributed by atoms with E-state index in [0.717, 1.165) is 17.3 Å². The first-order valence-electron chi connectivity index (χ1n) is 8.91. The van der Waals surface area contributed by atoms with Crippen molar-refractivity contribution in [3.63, 3.8) is 0 Å². The third kappa shape index (κ3) is 5.13. The Kier molecular flexibility index (Phi) is 7.22. The van der Waals surface area contributed by atoms with Crippen molar-refractivity contribution in [2.75, 3.05) is 13.7 Å². The van der Waals surface area contributed by atoms with Crippen molar-refractivity contribution in [2.45, 2.75) is 19.8 Å². The minimum atomic E-state index is -0.565. The summed E-state index contributed by atoms with van der Waals surface area (Å²) in [6, 6.07) is 8.47. The first kappa shape index (κ1) is 21.7. The number of esters is 1. The van der Waals surface area contributed by atoms with Crippen LogP contribution in [-0.4, -0.2) is 25.6 Å². The van der Waals surface area contributed by atoms with E-state index in [-0.39, 0.29) is 11.6 Å². The molecule has 0 fully saturated rings. The van der Waals surface area contributed by atoms with Crippen LogP contribution >= 0.6 is 39.1 Å². The molecule has 1 aliphatic rings. The zero-order chi connectivity index (χ0) is 21.0. The molecule has 29 heavy (non-hydrogen) atoms. The lowest BCUT2D eigenvalue weighted by atomic mass is 10.1. The number of benzene rings is 2. The molecule has 0 unspecified atom stereocenters. The SMILES string of the molecule is CCCCOc1c(Br)cc(/C=C2\N=C(c3ccc(Cl)cc3Cl)OC2=O)cc1OC. The summed E-state index contributed by atoms with van der Waals surface area (Å²) in [6.45, 7) is 2.69. The van der Waals surface area contributed by atoms with Crippen LogP contribution in [0.2, 0.25) is 10.0 Å². The number of unbranched alkanes of at least 4 members (excludes halogenated alkanes) is 1. The molecule has 0 bridgehead atoms. The van der Waals surface area contributed by atoms with Crippen LogP contribution in [0.15, 0.2) is 45.5 Å². The molecule has 0 radical (unpaired) electrons. The Morgan fingerprint density at radius 3 is 2.72 bits per heavy atom. The molecule has 1 heterocycles. The Labute approximate surface area is 187 Å². The van der Waals surface area contributed by atoms with Gasteiger partial charge in [-0.05, 0) is 64.3 Å². The Morgan fingerprint density at radius 2 is 2.03 bits per heavy atom. The smallest absolute Gasteiger partial charge is 0.363 e. The van der Waals surface area contributed by atoms with E-state index < -0.39 is 5.97 Å². The van der Waals surface area contributed by atoms with Gasteiger partial charge in [0.2, 0.25) is 5.90 Å². The minimum Gasteiger partial charge on any atom is -0.493 e. The predicted octanol–water partition coefficient (Wildman–Crippen LogP) is 6.29. The topological polar surface area (TPSA) is 57.1 Å². The molecule has 152 valence electrons. The zero-order valence-electron chi connectivity index (χ0n) is 15.8. The zero-order valence-corrected chi connectivity index (χ0v) is 18.9. The maximum Gasteiger partial charge on any atom is 0.363 e. The molecular formula is C21H18BrCl2NO4. The first-order chi connectivity index (χ1) is 13.9. The monoisotopic (exact) mass is 497 g/mol. The van der Waals surface area contributed by atoms with Crippen molar-refractivity contribution >= 4 is 57.1 Å². The van der Waals surface area contributed by atoms with Gasteiger partial charge in [-0.25, -0.2) is 9.79 Å². The molecule has 0 atom stereocenters. The van der Waals surface area contributed by atoms with Crippen molar-refractivity contribution in [1.82, 2.24) is 0 Å². The summed E-state index contributed by atoms with van der Waals surface area (Å²) in [4.78, 5) is 16.6. The average molecular weight is 499 g/mol. The third-order valence-electron chi connectivity index (χ3n) is 4.08. The van der Waals surface area contributed by atoms with Gasteiger partial charge in [-0.15, -0.1) is 0 Å². The van der Waals surface area contributed by atoms with Gasteiger partial charge in [-0.1, -0.05) is 36.5 Å². The number of hydrogen-bond donors (Lipinski definition) is 0. The second-order valence-corrected chi connectivity index (χ2v) is 7.89. The first-order valence-corrected chi connectivity index (χ1v) is 10.5. The summed E-state index contributed by atoms with van der Waals surface area (Å²) in [7, 11) is 1.56. The van der Waals surface area contributed by atoms with Crippen molar-refractivity contribution in [1.29, 1.82) is 0 Å². The quantitative estimate of drug-likeness (QED) is 0.256. The Balaban J connectivity index is 1.91. The van der Waals surface area contributed by atoms with Gasteiger partial charge >= 0.3 is 5.97 Å². The fraction of sp³-hybridized carbons (Fsp3) is 0.238. The van der Waals surface area contributed by atoms with E-state index in [1.54, 1.807) is 37.5 Å². The second kappa shape index (κ2) is 9.65. The average Bonchev–Trinajstić information content (AvgIpc) is 3.03. The lowest BCUT2D eigenvalue weighted by Crippen LogP contribution is -2.06. The maximum atomic E-state index is 12.3. The molecule has 0 saturated heterocycles. The van der Waals surface area contributed by atoms with E-state index in [9.17, 15) is 4.79 Å². The second-order valence-electron chi connectivity index (χ2n) is 6.20. The van der Waals surface area contributed by atoms with E-state index in [2.05, 4.69) is 27.8 Å². The third-order valence-corrected chi connectivity index (χ3v) is 5.22. The highest BCUT2D eigenvalue weighted by Gasteiger charge is 2.26. The largest absolute Gasteiger partial charge is 0.493 e. The summed E-state index contributed by atoms with van der Waals surface area (Å²) in [5.74, 6) is 0.741. The molecule has 0 spiro atoms. The van der Waals surface area contributed by atoms with Crippen LogP contribution in [0, 0.1) is 0 Å². The number of rotatable bonds is 7. The normalized spacial score (nSPS) is 14.7. The van der Waals surface area contributed by atoms with Gasteiger partial charge in [0.15, 0.2) is 17.2 Å². The highest BCUT2D eigenvalue weighted by atomic mass is 79.9. The Hall–Kier alpha value is -2.02. The lowest BCUT2D eigenvalue weighted by molar-refractivity contribution is -0.129. The van der Waals surface area contributed by atoms with Gasteiger partial charge in [-0.2, -0.15) is 0 Å². The van der Waals surface area contributed by atoms with E-state index in [0.29, 0.717) is 39.3 Å². The highest BCUT2D eigenvalue weighted by Crippen LogP contribution is 2.38. The molecule has 0 aromatic heterocycles. The van der Waals surface area contributed by atoms with Crippen molar-refractivity contribution in [3.05, 3.63) is 61.7 Å². The van der Waals surface area contributed by atoms with Crippen LogP contribution in [0.3, 0.4) is 0 Å². The minimum absolute atomic E-state index is 0.133. The molecule has 0 saturated carbocycles. The summed E-state index contributed by atoms with van der Waals surface area (Å²) in [6.07, 6.45) is 3.59. The summed E-state index contributed by atoms with van der Waals surface area (Å²) < 4.78 is 17.2. The van der Waals surface area contributed by atoms with Crippen molar-refractivity contribution < 1.29 is 19.0 Å². The fourth-order valence-corrected chi connectivity index (χ4v) is 3.69. The number of carbonyl (C=O) groups excluding carboxylic acids is 1. The van der Waals surface area contributed by atoms with Gasteiger partial charge in [0, 0.05) is 5.02 Å². The number of nitrogens with zero attached hydrogens (tertiary/aromatic N) is 1. The number of halogens is 3. The molecule has 0 aliphatic carbocycles. The van der Waals surface area contributed by atoms with Crippen LogP contribution in [-0.2, 0) is 9.53 Å². The van der Waals surface area contributed by atoms with Crippen LogP contribution < -0.4 is 9.47 Å². The van der Waals surface area contributed by atoms with Crippen LogP contribution in [0.25, 0.3) is 6.08 Å². The molecule has 0 N–H and O–H groups in total. The lowest BCUT2D eigenvalue weighted by Gasteiger charge is -2.13. The molecule has 8 heteroatoms. The summed E-state index contributed by atoms with van der Waals surface area (Å²) in [5.41, 5.74) is 1.35. The number of cyclic esters (lactones) is 1. The summed E-state index contributed by atoms with van der Waals surface area (Å²) >= 11 is 15.6. The number of methoxy groups -OCH3 is 1. The van der Waals surface area contributed by atoms with Crippen LogP contribution in [0.1, 0.15) is 30.9 Å². The summed E-state index contributed by atoms with van der Waals surface area (Å²) in [5, 5.41) is 0.834. The highest BCUT2D eigenvalue weighted by molar-refractivity contribution is 9.10. The number of hydrogen-bond acceptors (Lipinski definition) is 5. The standard InChI is InChI=1S/C21H18BrCl2NO4/c1-3-4-7-28-19-15(22)8-12(10-18(19)27-2)9-17-21(26)29-20(25-17)14-6-5-13(23)11-16(14)24/h5-6,8-11H,3-4,7H2,1-2H3/b17-9-. The van der Waals surface area contributed by atoms with Gasteiger partial charge < -0.3 is 14.2 Å². The molecule has 1 aliphatic heterocycles. The van der Waals surface area contributed by atoms with Crippen molar-refractivity contribution in [3.8, 4) is 11.5 Å². The Bertz CT molecular complexity index is 1000. The molecule has 0 amide bonds. The van der Waals surface area contributed by atoms with E-state index in [1.807, 2.05) is 6.07 Å².